The van der Waals surface area contributed by atoms with Crippen molar-refractivity contribution in [3.8, 4) is 11.5 Å². The van der Waals surface area contributed by atoms with Crippen LogP contribution in [0.4, 0.5) is 0 Å². The van der Waals surface area contributed by atoms with Gasteiger partial charge in [-0.3, -0.25) is 4.79 Å². The zero-order chi connectivity index (χ0) is 26.5. The van der Waals surface area contributed by atoms with Crippen molar-refractivity contribution in [2.24, 2.45) is 4.99 Å². The zero-order valence-corrected chi connectivity index (χ0v) is 22.4. The number of methoxy groups -OCH3 is 2. The number of esters is 1. The maximum absolute atomic E-state index is 13.4. The number of benzene rings is 2. The molecule has 0 saturated carbocycles. The van der Waals surface area contributed by atoms with E-state index >= 15 is 0 Å². The molecular weight excluding hydrogens is 490 g/mol. The maximum Gasteiger partial charge on any atom is 0.338 e. The number of allylic oxidation sites excluding steroid dienone is 1. The van der Waals surface area contributed by atoms with Gasteiger partial charge in [-0.1, -0.05) is 42.1 Å². The Morgan fingerprint density at radius 1 is 1.11 bits per heavy atom. The van der Waals surface area contributed by atoms with Crippen LogP contribution in [0, 0.1) is 0 Å². The Morgan fingerprint density at radius 3 is 2.54 bits per heavy atom. The van der Waals surface area contributed by atoms with Gasteiger partial charge in [0, 0.05) is 23.9 Å². The van der Waals surface area contributed by atoms with Gasteiger partial charge in [0.05, 0.1) is 44.1 Å². The second-order valence-corrected chi connectivity index (χ2v) is 9.73. The van der Waals surface area contributed by atoms with Gasteiger partial charge in [0.15, 0.2) is 5.17 Å². The van der Waals surface area contributed by atoms with Crippen LogP contribution in [0.5, 0.6) is 11.5 Å². The fourth-order valence-corrected chi connectivity index (χ4v) is 5.23. The first-order chi connectivity index (χ1) is 17.8. The maximum atomic E-state index is 13.4. The lowest BCUT2D eigenvalue weighted by Crippen LogP contribution is -2.38. The Hall–Kier alpha value is -3.72. The van der Waals surface area contributed by atoms with Gasteiger partial charge < -0.3 is 24.4 Å². The van der Waals surface area contributed by atoms with E-state index in [0.717, 1.165) is 16.8 Å². The van der Waals surface area contributed by atoms with Crippen LogP contribution in [0.1, 0.15) is 44.4 Å². The quantitative estimate of drug-likeness (QED) is 0.468. The van der Waals surface area contributed by atoms with Gasteiger partial charge in [0.1, 0.15) is 11.5 Å². The minimum Gasteiger partial charge on any atom is -0.497 e. The molecule has 8 nitrogen and oxygen atoms in total. The summed E-state index contributed by atoms with van der Waals surface area (Å²) in [6.45, 7) is 5.85. The normalized spacial score (nSPS) is 16.7. The topological polar surface area (TPSA) is 89.5 Å². The highest BCUT2D eigenvalue weighted by Gasteiger charge is 2.42. The lowest BCUT2D eigenvalue weighted by atomic mass is 9.93. The zero-order valence-electron chi connectivity index (χ0n) is 21.6. The summed E-state index contributed by atoms with van der Waals surface area (Å²) in [4.78, 5) is 32.9. The molecule has 0 saturated heterocycles. The van der Waals surface area contributed by atoms with Gasteiger partial charge in [-0.15, -0.1) is 0 Å². The van der Waals surface area contributed by atoms with Crippen molar-refractivity contribution in [2.75, 3.05) is 14.2 Å². The highest BCUT2D eigenvalue weighted by atomic mass is 32.2. The third kappa shape index (κ3) is 5.83. The first-order valence-electron chi connectivity index (χ1n) is 12.0. The predicted molar refractivity (Wildman–Crippen MR) is 144 cm³/mol. The number of ether oxygens (including phenoxy) is 3. The van der Waals surface area contributed by atoms with E-state index in [9.17, 15) is 9.59 Å². The van der Waals surface area contributed by atoms with Crippen molar-refractivity contribution >= 4 is 28.8 Å². The molecular formula is C28H31N3O5S. The molecule has 0 unspecified atom stereocenters. The van der Waals surface area contributed by atoms with Crippen LogP contribution in [0.3, 0.4) is 0 Å². The van der Waals surface area contributed by atoms with E-state index in [-0.39, 0.29) is 18.4 Å². The molecule has 2 heterocycles. The molecule has 0 aliphatic carbocycles. The molecule has 4 rings (SSSR count). The van der Waals surface area contributed by atoms with Crippen molar-refractivity contribution in [2.45, 2.75) is 45.9 Å². The van der Waals surface area contributed by atoms with Crippen molar-refractivity contribution in [1.29, 1.82) is 0 Å². The predicted octanol–water partition coefficient (Wildman–Crippen LogP) is 4.94. The first-order valence-corrected chi connectivity index (χ1v) is 12.9. The molecule has 9 heteroatoms. The summed E-state index contributed by atoms with van der Waals surface area (Å²) in [7, 11) is 3.16. The van der Waals surface area contributed by atoms with Crippen molar-refractivity contribution in [3.63, 3.8) is 0 Å². The van der Waals surface area contributed by atoms with Crippen molar-refractivity contribution in [1.82, 2.24) is 10.2 Å². The van der Waals surface area contributed by atoms with Gasteiger partial charge >= 0.3 is 5.97 Å². The van der Waals surface area contributed by atoms with E-state index in [1.165, 1.54) is 11.8 Å². The highest BCUT2D eigenvalue weighted by molar-refractivity contribution is 8.16. The molecule has 0 radical (unpaired) electrons. The summed E-state index contributed by atoms with van der Waals surface area (Å²) in [5.74, 6) is 0.597. The number of nitrogens with zero attached hydrogens (tertiary/aromatic N) is 2. The van der Waals surface area contributed by atoms with Crippen molar-refractivity contribution < 1.29 is 23.8 Å². The summed E-state index contributed by atoms with van der Waals surface area (Å²) in [5, 5.41) is 5.58. The molecule has 2 aliphatic rings. The van der Waals surface area contributed by atoms with Gasteiger partial charge in [0.2, 0.25) is 5.91 Å². The standard InChI is InChI=1S/C28H31N3O5S/c1-17(2)36-27(33)25-18(3)30-28-31(26(25)22-12-11-21(34-4)14-23(22)35-5)20(16-37-28)13-24(32)29-15-19-9-7-6-8-10-19/h6-12,14,16-17,26H,13,15H2,1-5H3,(H,29,32)/t26-/m0/s1. The van der Waals surface area contributed by atoms with E-state index in [0.29, 0.717) is 34.5 Å². The number of hydrogen-bond acceptors (Lipinski definition) is 8. The summed E-state index contributed by atoms with van der Waals surface area (Å²) in [5.41, 5.74) is 3.46. The van der Waals surface area contributed by atoms with E-state index < -0.39 is 12.0 Å². The molecule has 2 aromatic rings. The molecule has 37 heavy (non-hydrogen) atoms. The fraction of sp³-hybridized carbons (Fsp3) is 0.321. The molecule has 0 bridgehead atoms. The Morgan fingerprint density at radius 2 is 1.86 bits per heavy atom. The Bertz CT molecular complexity index is 1270. The molecule has 194 valence electrons. The smallest absolute Gasteiger partial charge is 0.338 e. The Balaban J connectivity index is 1.68. The van der Waals surface area contributed by atoms with Crippen LogP contribution in [0.25, 0.3) is 0 Å². The molecule has 0 fully saturated rings. The van der Waals surface area contributed by atoms with Crippen LogP contribution in [-0.2, 0) is 20.9 Å². The van der Waals surface area contributed by atoms with E-state index in [4.69, 9.17) is 19.2 Å². The molecule has 0 aromatic heterocycles. The number of hydrogen-bond donors (Lipinski definition) is 1. The molecule has 1 N–H and O–H groups in total. The Labute approximate surface area is 221 Å². The van der Waals surface area contributed by atoms with E-state index in [1.807, 2.05) is 66.6 Å². The van der Waals surface area contributed by atoms with Crippen LogP contribution in [0.2, 0.25) is 0 Å². The number of carbonyl (C=O) groups excluding carboxylic acids is 2. The lowest BCUT2D eigenvalue weighted by molar-refractivity contribution is -0.143. The SMILES string of the molecule is COc1ccc([C@H]2C(C(=O)OC(C)C)=C(C)N=C3SC=C(CC(=O)NCc4ccccc4)N32)c(OC)c1. The van der Waals surface area contributed by atoms with Gasteiger partial charge in [-0.2, -0.15) is 0 Å². The second-order valence-electron chi connectivity index (χ2n) is 8.89. The molecule has 1 atom stereocenters. The van der Waals surface area contributed by atoms with Gasteiger partial charge in [0.25, 0.3) is 0 Å². The third-order valence-electron chi connectivity index (χ3n) is 5.97. The number of thioether (sulfide) groups is 1. The number of amides is 1. The fourth-order valence-electron chi connectivity index (χ4n) is 4.27. The van der Waals surface area contributed by atoms with Gasteiger partial charge in [-0.05, 0) is 43.9 Å². The number of carbonyl (C=O) groups is 2. The molecule has 1 amide bonds. The van der Waals surface area contributed by atoms with Gasteiger partial charge in [-0.25, -0.2) is 9.79 Å². The minimum atomic E-state index is -0.595. The average molecular weight is 522 g/mol. The van der Waals surface area contributed by atoms with Crippen molar-refractivity contribution in [3.05, 3.63) is 82.0 Å². The third-order valence-corrected chi connectivity index (χ3v) is 6.86. The monoisotopic (exact) mass is 521 g/mol. The van der Waals surface area contributed by atoms with E-state index in [2.05, 4.69) is 5.32 Å². The molecule has 0 spiro atoms. The second kappa shape index (κ2) is 11.6. The number of nitrogens with one attached hydrogen (secondary N) is 1. The van der Waals surface area contributed by atoms with Crippen LogP contribution in [0.15, 0.2) is 75.9 Å². The van der Waals surface area contributed by atoms with Crippen LogP contribution in [-0.4, -0.2) is 42.3 Å². The summed E-state index contributed by atoms with van der Waals surface area (Å²) in [6, 6.07) is 14.6. The van der Waals surface area contributed by atoms with E-state index in [1.54, 1.807) is 27.2 Å². The highest BCUT2D eigenvalue weighted by Crippen LogP contribution is 2.47. The Kier molecular flexibility index (Phi) is 8.23. The summed E-state index contributed by atoms with van der Waals surface area (Å²) < 4.78 is 16.7. The summed E-state index contributed by atoms with van der Waals surface area (Å²) in [6.07, 6.45) is -0.178. The number of rotatable bonds is 9. The number of aliphatic imine (C=N–C) groups is 1. The lowest BCUT2D eigenvalue weighted by Gasteiger charge is -2.37. The van der Waals surface area contributed by atoms with Crippen LogP contribution >= 0.6 is 11.8 Å². The summed E-state index contributed by atoms with van der Waals surface area (Å²) >= 11 is 1.42. The number of amidine groups is 1. The number of fused-ring (bicyclic) bond motifs is 1. The molecule has 2 aliphatic heterocycles. The van der Waals surface area contributed by atoms with Crippen LogP contribution < -0.4 is 14.8 Å². The first kappa shape index (κ1) is 26.3. The largest absolute Gasteiger partial charge is 0.497 e. The average Bonchev–Trinajstić information content (AvgIpc) is 3.28. The minimum absolute atomic E-state index is 0.124. The molecule has 2 aromatic carbocycles.